The van der Waals surface area contributed by atoms with Gasteiger partial charge in [0, 0.05) is 0 Å². The molecule has 0 atom stereocenters. The number of nitrogens with zero attached hydrogens (tertiary/aromatic N) is 1. The SMILES string of the molecule is N#CC(F)=CC=CCCC1CCC(CCCCC2CCC(c3ccc(OC(F)(F)F)cc3)CC2)CC1. The molecule has 3 rings (SSSR count). The molecule has 0 bridgehead atoms. The summed E-state index contributed by atoms with van der Waals surface area (Å²) < 4.78 is 53.7. The van der Waals surface area contributed by atoms with Crippen LogP contribution in [0.2, 0.25) is 0 Å². The fraction of sp³-hybridized carbons (Fsp3) is 0.633. The fourth-order valence-corrected chi connectivity index (χ4v) is 6.02. The average Bonchev–Trinajstić information content (AvgIpc) is 2.87. The first kappa shape index (κ1) is 28.3. The molecule has 0 amide bonds. The number of ether oxygens (including phenoxy) is 1. The molecule has 2 saturated carbocycles. The summed E-state index contributed by atoms with van der Waals surface area (Å²) in [6.07, 6.45) is 17.5. The standard InChI is InChI=1S/C30H39F4NO/c31-28(22-35)9-3-1-2-6-23-10-12-24(13-11-23)7-4-5-8-25-14-16-26(17-15-25)27-18-20-29(21-19-27)36-30(32,33)34/h1,3,9,18-21,23-26H,2,4-8,10-17H2. The van der Waals surface area contributed by atoms with Gasteiger partial charge in [0.05, 0.1) is 0 Å². The van der Waals surface area contributed by atoms with Crippen molar-refractivity contribution in [2.45, 2.75) is 102 Å². The Labute approximate surface area is 213 Å². The number of benzene rings is 1. The Kier molecular flexibility index (Phi) is 11.4. The number of unbranched alkanes of at least 4 members (excludes halogenated alkanes) is 1. The first-order valence-electron chi connectivity index (χ1n) is 13.6. The van der Waals surface area contributed by atoms with Crippen LogP contribution in [0, 0.1) is 29.1 Å². The molecule has 0 spiro atoms. The van der Waals surface area contributed by atoms with E-state index in [4.69, 9.17) is 5.26 Å². The van der Waals surface area contributed by atoms with Crippen LogP contribution >= 0.6 is 0 Å². The van der Waals surface area contributed by atoms with Gasteiger partial charge in [0.15, 0.2) is 5.83 Å². The van der Waals surface area contributed by atoms with E-state index in [0.717, 1.165) is 49.0 Å². The molecule has 0 N–H and O–H groups in total. The van der Waals surface area contributed by atoms with Gasteiger partial charge in [-0.2, -0.15) is 9.65 Å². The van der Waals surface area contributed by atoms with Crippen LogP contribution in [0.4, 0.5) is 17.6 Å². The van der Waals surface area contributed by atoms with Crippen LogP contribution in [-0.2, 0) is 0 Å². The van der Waals surface area contributed by atoms with E-state index in [1.807, 2.05) is 6.08 Å². The van der Waals surface area contributed by atoms with Gasteiger partial charge in [0.25, 0.3) is 0 Å². The largest absolute Gasteiger partial charge is 0.573 e. The van der Waals surface area contributed by atoms with Crippen LogP contribution in [0.5, 0.6) is 5.75 Å². The number of rotatable bonds is 11. The molecule has 2 aliphatic rings. The molecule has 2 fully saturated rings. The van der Waals surface area contributed by atoms with Crippen molar-refractivity contribution in [3.63, 3.8) is 0 Å². The second-order valence-corrected chi connectivity index (χ2v) is 10.6. The van der Waals surface area contributed by atoms with Crippen LogP contribution < -0.4 is 4.74 Å². The van der Waals surface area contributed by atoms with Crippen molar-refractivity contribution in [1.82, 2.24) is 0 Å². The van der Waals surface area contributed by atoms with E-state index in [0.29, 0.717) is 5.92 Å². The predicted octanol–water partition coefficient (Wildman–Crippen LogP) is 9.94. The highest BCUT2D eigenvalue weighted by Crippen LogP contribution is 2.39. The Balaban J connectivity index is 1.23. The third kappa shape index (κ3) is 10.4. The summed E-state index contributed by atoms with van der Waals surface area (Å²) in [5, 5.41) is 8.39. The molecule has 1 aromatic rings. The summed E-state index contributed by atoms with van der Waals surface area (Å²) in [5.41, 5.74) is 1.12. The smallest absolute Gasteiger partial charge is 0.406 e. The number of allylic oxidation sites excluding steroid dienone is 4. The van der Waals surface area contributed by atoms with Gasteiger partial charge >= 0.3 is 6.36 Å². The zero-order valence-corrected chi connectivity index (χ0v) is 21.1. The minimum absolute atomic E-state index is 0.149. The first-order chi connectivity index (χ1) is 17.3. The van der Waals surface area contributed by atoms with Crippen LogP contribution in [0.15, 0.2) is 48.3 Å². The second kappa shape index (κ2) is 14.4. The summed E-state index contributed by atoms with van der Waals surface area (Å²) >= 11 is 0. The second-order valence-electron chi connectivity index (χ2n) is 10.6. The van der Waals surface area contributed by atoms with E-state index in [9.17, 15) is 17.6 Å². The topological polar surface area (TPSA) is 33.0 Å². The van der Waals surface area contributed by atoms with Gasteiger partial charge in [-0.15, -0.1) is 13.2 Å². The maximum Gasteiger partial charge on any atom is 0.573 e. The minimum atomic E-state index is -4.64. The predicted molar refractivity (Wildman–Crippen MR) is 135 cm³/mol. The van der Waals surface area contributed by atoms with Crippen molar-refractivity contribution < 1.29 is 22.3 Å². The lowest BCUT2D eigenvalue weighted by Gasteiger charge is -2.30. The number of hydrogen-bond donors (Lipinski definition) is 0. The lowest BCUT2D eigenvalue weighted by molar-refractivity contribution is -0.274. The van der Waals surface area contributed by atoms with E-state index in [1.165, 1.54) is 88.5 Å². The summed E-state index contributed by atoms with van der Waals surface area (Å²) in [6.45, 7) is 0. The van der Waals surface area contributed by atoms with Crippen molar-refractivity contribution in [2.75, 3.05) is 0 Å². The Morgan fingerprint density at radius 3 is 1.92 bits per heavy atom. The molecule has 0 saturated heterocycles. The molecule has 2 aliphatic carbocycles. The van der Waals surface area contributed by atoms with Gasteiger partial charge in [0.2, 0.25) is 0 Å². The van der Waals surface area contributed by atoms with Crippen LogP contribution in [0.1, 0.15) is 101 Å². The molecule has 0 unspecified atom stereocenters. The van der Waals surface area contributed by atoms with Crippen LogP contribution in [-0.4, -0.2) is 6.36 Å². The highest BCUT2D eigenvalue weighted by atomic mass is 19.4. The number of hydrogen-bond acceptors (Lipinski definition) is 2. The van der Waals surface area contributed by atoms with Crippen molar-refractivity contribution >= 4 is 0 Å². The molecule has 0 radical (unpaired) electrons. The van der Waals surface area contributed by atoms with E-state index in [-0.39, 0.29) is 5.75 Å². The van der Waals surface area contributed by atoms with Gasteiger partial charge in [-0.3, -0.25) is 0 Å². The zero-order chi connectivity index (χ0) is 25.8. The minimum Gasteiger partial charge on any atom is -0.406 e. The van der Waals surface area contributed by atoms with Gasteiger partial charge in [-0.05, 0) is 86.0 Å². The molecule has 0 heterocycles. The highest BCUT2D eigenvalue weighted by Gasteiger charge is 2.31. The lowest BCUT2D eigenvalue weighted by Crippen LogP contribution is -2.17. The third-order valence-corrected chi connectivity index (χ3v) is 8.10. The van der Waals surface area contributed by atoms with Crippen LogP contribution in [0.3, 0.4) is 0 Å². The molecule has 2 nitrogen and oxygen atoms in total. The maximum atomic E-state index is 12.7. The van der Waals surface area contributed by atoms with Gasteiger partial charge in [-0.1, -0.05) is 75.7 Å². The van der Waals surface area contributed by atoms with Gasteiger partial charge in [0.1, 0.15) is 11.8 Å². The molecule has 6 heteroatoms. The Hall–Kier alpha value is -2.29. The molecule has 0 aromatic heterocycles. The summed E-state index contributed by atoms with van der Waals surface area (Å²) in [7, 11) is 0. The van der Waals surface area contributed by atoms with E-state index in [1.54, 1.807) is 18.2 Å². The van der Waals surface area contributed by atoms with Gasteiger partial charge < -0.3 is 4.74 Å². The highest BCUT2D eigenvalue weighted by molar-refractivity contribution is 5.29. The van der Waals surface area contributed by atoms with E-state index >= 15 is 0 Å². The molecule has 0 aliphatic heterocycles. The Morgan fingerprint density at radius 2 is 1.39 bits per heavy atom. The summed E-state index contributed by atoms with van der Waals surface area (Å²) in [4.78, 5) is 0. The van der Waals surface area contributed by atoms with Crippen molar-refractivity contribution in [2.24, 2.45) is 17.8 Å². The lowest BCUT2D eigenvalue weighted by atomic mass is 9.76. The molecule has 1 aromatic carbocycles. The molecular weight excluding hydrogens is 466 g/mol. The van der Waals surface area contributed by atoms with Crippen molar-refractivity contribution in [3.05, 3.63) is 53.9 Å². The van der Waals surface area contributed by atoms with Crippen LogP contribution in [0.25, 0.3) is 0 Å². The van der Waals surface area contributed by atoms with Crippen molar-refractivity contribution in [1.29, 1.82) is 5.26 Å². The maximum absolute atomic E-state index is 12.7. The molecular formula is C30H39F4NO. The van der Waals surface area contributed by atoms with E-state index in [2.05, 4.69) is 4.74 Å². The monoisotopic (exact) mass is 505 g/mol. The van der Waals surface area contributed by atoms with Crippen molar-refractivity contribution in [3.8, 4) is 11.8 Å². The first-order valence-corrected chi connectivity index (χ1v) is 13.6. The zero-order valence-electron chi connectivity index (χ0n) is 21.1. The molecule has 198 valence electrons. The normalized spacial score (nSPS) is 25.6. The van der Waals surface area contributed by atoms with Gasteiger partial charge in [-0.25, -0.2) is 0 Å². The third-order valence-electron chi connectivity index (χ3n) is 8.10. The number of halogens is 4. The quantitative estimate of drug-likeness (QED) is 0.130. The number of alkyl halides is 3. The Bertz CT molecular complexity index is 868. The number of nitriles is 1. The summed E-state index contributed by atoms with van der Waals surface area (Å²) in [6, 6.07) is 7.90. The molecule has 36 heavy (non-hydrogen) atoms. The average molecular weight is 506 g/mol. The Morgan fingerprint density at radius 1 is 0.861 bits per heavy atom. The van der Waals surface area contributed by atoms with E-state index < -0.39 is 12.2 Å². The fourth-order valence-electron chi connectivity index (χ4n) is 6.02. The summed E-state index contributed by atoms with van der Waals surface area (Å²) in [5.74, 6) is 1.98.